The van der Waals surface area contributed by atoms with Gasteiger partial charge in [0.2, 0.25) is 5.76 Å². The van der Waals surface area contributed by atoms with Crippen molar-refractivity contribution in [2.45, 2.75) is 13.5 Å². The van der Waals surface area contributed by atoms with Crippen molar-refractivity contribution in [2.24, 2.45) is 0 Å². The standard InChI is InChI=1S/C13H13N3O5/c1-2-20-13(17)11-6-5-9(21-11)8-15-12-10(16(18)19)4-3-7-14-12/h3-7H,2,8H2,1H3,(H,14,15)/p+1. The Hall–Kier alpha value is -2.90. The topological polar surface area (TPSA) is 109 Å². The molecule has 8 nitrogen and oxygen atoms in total. The number of esters is 1. The Morgan fingerprint density at radius 1 is 1.48 bits per heavy atom. The van der Waals surface area contributed by atoms with E-state index in [1.54, 1.807) is 19.2 Å². The number of carbonyl (C=O) groups excluding carboxylic acids is 1. The number of pyridine rings is 1. The van der Waals surface area contributed by atoms with E-state index in [0.29, 0.717) is 5.76 Å². The second kappa shape index (κ2) is 6.51. The molecule has 0 saturated heterocycles. The molecule has 0 aromatic carbocycles. The summed E-state index contributed by atoms with van der Waals surface area (Å²) in [6.45, 7) is 2.16. The summed E-state index contributed by atoms with van der Waals surface area (Å²) in [6, 6.07) is 6.02. The van der Waals surface area contributed by atoms with Gasteiger partial charge in [0.05, 0.1) is 17.7 Å². The molecule has 8 heteroatoms. The summed E-state index contributed by atoms with van der Waals surface area (Å²) in [6.07, 6.45) is 1.57. The third-order valence-corrected chi connectivity index (χ3v) is 2.61. The number of nitrogens with zero attached hydrogens (tertiary/aromatic N) is 1. The normalized spacial score (nSPS) is 10.1. The van der Waals surface area contributed by atoms with Crippen molar-refractivity contribution in [2.75, 3.05) is 11.9 Å². The lowest BCUT2D eigenvalue weighted by atomic mass is 10.3. The molecular weight excluding hydrogens is 278 g/mol. The van der Waals surface area contributed by atoms with E-state index < -0.39 is 10.9 Å². The molecule has 110 valence electrons. The Bertz CT molecular complexity index is 653. The van der Waals surface area contributed by atoms with E-state index in [4.69, 9.17) is 9.15 Å². The molecule has 2 rings (SSSR count). The number of ether oxygens (including phenoxy) is 1. The van der Waals surface area contributed by atoms with Crippen LogP contribution in [0.3, 0.4) is 0 Å². The predicted octanol–water partition coefficient (Wildman–Crippen LogP) is 1.79. The van der Waals surface area contributed by atoms with Gasteiger partial charge in [0.25, 0.3) is 0 Å². The number of hydrogen-bond acceptors (Lipinski definition) is 6. The number of aromatic nitrogens is 1. The second-order valence-corrected chi connectivity index (χ2v) is 4.03. The first kappa shape index (κ1) is 14.5. The van der Waals surface area contributed by atoms with Crippen LogP contribution in [-0.2, 0) is 11.3 Å². The zero-order valence-electron chi connectivity index (χ0n) is 11.3. The van der Waals surface area contributed by atoms with Crippen molar-refractivity contribution in [1.29, 1.82) is 0 Å². The molecular formula is C13H14N3O5+. The maximum absolute atomic E-state index is 11.4. The van der Waals surface area contributed by atoms with Crippen LogP contribution in [0, 0.1) is 10.1 Å². The average Bonchev–Trinajstić information content (AvgIpc) is 2.94. The van der Waals surface area contributed by atoms with Gasteiger partial charge in [-0.05, 0) is 25.1 Å². The first-order valence-electron chi connectivity index (χ1n) is 6.26. The number of aromatic amines is 1. The molecule has 2 aromatic rings. The van der Waals surface area contributed by atoms with E-state index >= 15 is 0 Å². The quantitative estimate of drug-likeness (QED) is 0.494. The fraction of sp³-hybridized carbons (Fsp3) is 0.231. The van der Waals surface area contributed by atoms with E-state index in [1.165, 1.54) is 18.2 Å². The molecule has 2 heterocycles. The van der Waals surface area contributed by atoms with Crippen molar-refractivity contribution < 1.29 is 23.9 Å². The van der Waals surface area contributed by atoms with Crippen molar-refractivity contribution in [1.82, 2.24) is 0 Å². The van der Waals surface area contributed by atoms with Gasteiger partial charge in [-0.2, -0.15) is 0 Å². The van der Waals surface area contributed by atoms with Gasteiger partial charge < -0.3 is 9.15 Å². The lowest BCUT2D eigenvalue weighted by Crippen LogP contribution is -2.14. The summed E-state index contributed by atoms with van der Waals surface area (Å²) in [7, 11) is 0. The highest BCUT2D eigenvalue weighted by molar-refractivity contribution is 5.86. The summed E-state index contributed by atoms with van der Waals surface area (Å²) >= 11 is 0. The molecule has 2 N–H and O–H groups in total. The van der Waals surface area contributed by atoms with Crippen LogP contribution in [-0.4, -0.2) is 17.5 Å². The lowest BCUT2D eigenvalue weighted by Gasteiger charge is -1.98. The maximum Gasteiger partial charge on any atom is 0.374 e. The smallest absolute Gasteiger partial charge is 0.374 e. The second-order valence-electron chi connectivity index (χ2n) is 4.03. The first-order chi connectivity index (χ1) is 10.1. The molecule has 2 aromatic heterocycles. The van der Waals surface area contributed by atoms with Crippen LogP contribution >= 0.6 is 0 Å². The van der Waals surface area contributed by atoms with Gasteiger partial charge in [-0.25, -0.2) is 9.78 Å². The van der Waals surface area contributed by atoms with Crippen LogP contribution in [0.4, 0.5) is 11.5 Å². The molecule has 0 bridgehead atoms. The number of rotatable bonds is 6. The van der Waals surface area contributed by atoms with Crippen LogP contribution in [0.5, 0.6) is 0 Å². The summed E-state index contributed by atoms with van der Waals surface area (Å²) < 4.78 is 10.1. The van der Waals surface area contributed by atoms with E-state index in [-0.39, 0.29) is 30.4 Å². The van der Waals surface area contributed by atoms with Gasteiger partial charge >= 0.3 is 17.5 Å². The largest absolute Gasteiger partial charge is 0.460 e. The van der Waals surface area contributed by atoms with Crippen molar-refractivity contribution in [3.8, 4) is 0 Å². The molecule has 0 fully saturated rings. The van der Waals surface area contributed by atoms with Crippen LogP contribution in [0.25, 0.3) is 0 Å². The summed E-state index contributed by atoms with van der Waals surface area (Å²) in [5, 5.41) is 13.7. The lowest BCUT2D eigenvalue weighted by molar-refractivity contribution is -0.409. The highest BCUT2D eigenvalue weighted by Crippen LogP contribution is 2.19. The Balaban J connectivity index is 2.04. The number of carbonyl (C=O) groups is 1. The Kier molecular flexibility index (Phi) is 4.50. The number of H-pyrrole nitrogens is 1. The number of hydrogen-bond donors (Lipinski definition) is 1. The average molecular weight is 292 g/mol. The summed E-state index contributed by atoms with van der Waals surface area (Å²) in [5.41, 5.74) is -0.0744. The Morgan fingerprint density at radius 2 is 2.29 bits per heavy atom. The van der Waals surface area contributed by atoms with Crippen LogP contribution in [0.2, 0.25) is 0 Å². The fourth-order valence-electron chi connectivity index (χ4n) is 1.68. The minimum atomic E-state index is -0.541. The fourth-order valence-corrected chi connectivity index (χ4v) is 1.68. The van der Waals surface area contributed by atoms with Gasteiger partial charge in [-0.1, -0.05) is 0 Å². The minimum absolute atomic E-state index is 0.0744. The summed E-state index contributed by atoms with van der Waals surface area (Å²) in [4.78, 5) is 24.6. The number of anilines is 1. The highest BCUT2D eigenvalue weighted by atomic mass is 16.6. The SMILES string of the molecule is CCOC(=O)c1ccc(CNc2[nH+]cccc2[N+](=O)[O-])o1. The molecule has 0 atom stereocenters. The molecule has 0 aliphatic heterocycles. The molecule has 0 aliphatic carbocycles. The van der Waals surface area contributed by atoms with Gasteiger partial charge in [-0.15, -0.1) is 0 Å². The third kappa shape index (κ3) is 3.56. The molecule has 0 saturated carbocycles. The third-order valence-electron chi connectivity index (χ3n) is 2.61. The Morgan fingerprint density at radius 3 is 3.00 bits per heavy atom. The van der Waals surface area contributed by atoms with E-state index in [9.17, 15) is 14.9 Å². The molecule has 0 spiro atoms. The Labute approximate surface area is 119 Å². The predicted molar refractivity (Wildman–Crippen MR) is 71.6 cm³/mol. The number of furan rings is 1. The van der Waals surface area contributed by atoms with E-state index in [0.717, 1.165) is 0 Å². The van der Waals surface area contributed by atoms with Crippen molar-refractivity contribution in [3.63, 3.8) is 0 Å². The monoisotopic (exact) mass is 292 g/mol. The van der Waals surface area contributed by atoms with Crippen LogP contribution < -0.4 is 10.3 Å². The molecule has 0 radical (unpaired) electrons. The van der Waals surface area contributed by atoms with Gasteiger partial charge in [-0.3, -0.25) is 15.4 Å². The molecule has 0 aliphatic rings. The van der Waals surface area contributed by atoms with Gasteiger partial charge in [0.1, 0.15) is 12.3 Å². The van der Waals surface area contributed by atoms with Crippen molar-refractivity contribution in [3.05, 3.63) is 52.1 Å². The summed E-state index contributed by atoms with van der Waals surface area (Å²) in [5.74, 6) is 0.280. The maximum atomic E-state index is 11.4. The molecule has 0 unspecified atom stereocenters. The first-order valence-corrected chi connectivity index (χ1v) is 6.26. The minimum Gasteiger partial charge on any atom is -0.460 e. The van der Waals surface area contributed by atoms with Gasteiger partial charge in [0.15, 0.2) is 0 Å². The van der Waals surface area contributed by atoms with E-state index in [1.807, 2.05) is 0 Å². The highest BCUT2D eigenvalue weighted by Gasteiger charge is 2.20. The van der Waals surface area contributed by atoms with Crippen LogP contribution in [0.15, 0.2) is 34.9 Å². The zero-order chi connectivity index (χ0) is 15.2. The van der Waals surface area contributed by atoms with E-state index in [2.05, 4.69) is 10.3 Å². The molecule has 21 heavy (non-hydrogen) atoms. The van der Waals surface area contributed by atoms with Gasteiger partial charge in [0, 0.05) is 6.07 Å². The van der Waals surface area contributed by atoms with Crippen molar-refractivity contribution >= 4 is 17.5 Å². The number of nitro groups is 1. The number of nitrogens with one attached hydrogen (secondary N) is 2. The van der Waals surface area contributed by atoms with Crippen LogP contribution in [0.1, 0.15) is 23.2 Å². The molecule has 0 amide bonds. The zero-order valence-corrected chi connectivity index (χ0v) is 11.3.